The van der Waals surface area contributed by atoms with Crippen LogP contribution >= 0.6 is 12.4 Å². The summed E-state index contributed by atoms with van der Waals surface area (Å²) in [6, 6.07) is 16.0. The first-order chi connectivity index (χ1) is 19.2. The van der Waals surface area contributed by atoms with Crippen LogP contribution in [-0.2, 0) is 10.0 Å². The number of nitrogens with zero attached hydrogens (tertiary/aromatic N) is 2. The van der Waals surface area contributed by atoms with Crippen LogP contribution in [0.3, 0.4) is 0 Å². The largest absolute Gasteiger partial charge is 0.457 e. The maximum Gasteiger partial charge on any atom is 0.317 e. The van der Waals surface area contributed by atoms with E-state index in [-0.39, 0.29) is 30.5 Å². The summed E-state index contributed by atoms with van der Waals surface area (Å²) in [5.74, 6) is 1.37. The highest BCUT2D eigenvalue weighted by Crippen LogP contribution is 2.29. The molecule has 1 atom stereocenters. The fraction of sp³-hybridized carbons (Fsp3) is 0.581. The number of hydrogen-bond donors (Lipinski definition) is 2. The third-order valence-electron chi connectivity index (χ3n) is 8.19. The smallest absolute Gasteiger partial charge is 0.317 e. The van der Waals surface area contributed by atoms with Gasteiger partial charge in [0.05, 0.1) is 6.26 Å². The van der Waals surface area contributed by atoms with Crippen molar-refractivity contribution in [2.75, 3.05) is 30.6 Å². The van der Waals surface area contributed by atoms with Crippen molar-refractivity contribution in [3.63, 3.8) is 0 Å². The molecule has 2 aliphatic rings. The van der Waals surface area contributed by atoms with Crippen molar-refractivity contribution in [2.45, 2.75) is 89.8 Å². The van der Waals surface area contributed by atoms with Gasteiger partial charge in [0.1, 0.15) is 11.5 Å². The van der Waals surface area contributed by atoms with Crippen molar-refractivity contribution in [3.8, 4) is 11.5 Å². The molecule has 228 valence electrons. The number of nitrogens with one attached hydrogen (secondary N) is 2. The van der Waals surface area contributed by atoms with Gasteiger partial charge in [-0.15, -0.1) is 12.4 Å². The van der Waals surface area contributed by atoms with Gasteiger partial charge in [-0.25, -0.2) is 13.2 Å². The standard InChI is InChI=1S/C31H46N4O4S.ClH/c1-4-5-21-35(28-9-7-6-8-10-28)31(36)32-26-19-22-34(23-20-26)24(2)25-11-15-29(16-12-25)39-30-17-13-27(14-18-30)33-40(3,37)38;/h11-18,24,26,28,33H,4-10,19-23H2,1-3H3,(H,32,36);1H. The second-order valence-electron chi connectivity index (χ2n) is 11.3. The normalized spacial score (nSPS) is 17.7. The predicted molar refractivity (Wildman–Crippen MR) is 169 cm³/mol. The molecule has 0 spiro atoms. The van der Waals surface area contributed by atoms with Gasteiger partial charge < -0.3 is 15.0 Å². The maximum absolute atomic E-state index is 13.3. The van der Waals surface area contributed by atoms with E-state index in [0.717, 1.165) is 70.2 Å². The number of carbonyl (C=O) groups is 1. The van der Waals surface area contributed by atoms with E-state index in [1.54, 1.807) is 24.3 Å². The molecule has 8 nitrogen and oxygen atoms in total. The van der Waals surface area contributed by atoms with Crippen LogP contribution in [0.2, 0.25) is 0 Å². The van der Waals surface area contributed by atoms with Crippen molar-refractivity contribution >= 4 is 34.1 Å². The Balaban J connectivity index is 0.00000462. The summed E-state index contributed by atoms with van der Waals surface area (Å²) in [6.45, 7) is 7.20. The highest BCUT2D eigenvalue weighted by molar-refractivity contribution is 7.92. The lowest BCUT2D eigenvalue weighted by atomic mass is 9.94. The lowest BCUT2D eigenvalue weighted by molar-refractivity contribution is 0.131. The number of carbonyl (C=O) groups excluding carboxylic acids is 1. The quantitative estimate of drug-likeness (QED) is 0.289. The first-order valence-electron chi connectivity index (χ1n) is 14.9. The number of hydrogen-bond acceptors (Lipinski definition) is 5. The molecule has 1 saturated carbocycles. The fourth-order valence-electron chi connectivity index (χ4n) is 5.83. The zero-order valence-corrected chi connectivity index (χ0v) is 26.3. The molecule has 0 radical (unpaired) electrons. The number of benzene rings is 2. The zero-order valence-electron chi connectivity index (χ0n) is 24.7. The molecule has 1 heterocycles. The fourth-order valence-corrected chi connectivity index (χ4v) is 6.39. The Bertz CT molecular complexity index is 1180. The Morgan fingerprint density at radius 3 is 2.12 bits per heavy atom. The Labute approximate surface area is 252 Å². The third-order valence-corrected chi connectivity index (χ3v) is 8.80. The number of ether oxygens (including phenoxy) is 1. The van der Waals surface area contributed by atoms with Gasteiger partial charge in [0.25, 0.3) is 0 Å². The van der Waals surface area contributed by atoms with Crippen LogP contribution in [0.1, 0.15) is 83.2 Å². The number of sulfonamides is 1. The molecule has 1 unspecified atom stereocenters. The second-order valence-corrected chi connectivity index (χ2v) is 13.1. The summed E-state index contributed by atoms with van der Waals surface area (Å²) in [6.07, 6.45) is 11.3. The minimum absolute atomic E-state index is 0. The number of amides is 2. The molecule has 0 bridgehead atoms. The van der Waals surface area contributed by atoms with Gasteiger partial charge in [-0.2, -0.15) is 0 Å². The number of piperidine rings is 1. The number of urea groups is 1. The van der Waals surface area contributed by atoms with E-state index in [2.05, 4.69) is 45.8 Å². The van der Waals surface area contributed by atoms with Crippen LogP contribution in [0.15, 0.2) is 48.5 Å². The van der Waals surface area contributed by atoms with E-state index in [0.29, 0.717) is 17.5 Å². The van der Waals surface area contributed by atoms with Gasteiger partial charge in [-0.1, -0.05) is 44.7 Å². The summed E-state index contributed by atoms with van der Waals surface area (Å²) >= 11 is 0. The summed E-state index contributed by atoms with van der Waals surface area (Å²) in [7, 11) is -3.31. The third kappa shape index (κ3) is 10.1. The summed E-state index contributed by atoms with van der Waals surface area (Å²) < 4.78 is 31.2. The average molecular weight is 607 g/mol. The van der Waals surface area contributed by atoms with Crippen molar-refractivity contribution in [3.05, 3.63) is 54.1 Å². The van der Waals surface area contributed by atoms with Gasteiger partial charge >= 0.3 is 6.03 Å². The molecule has 0 aromatic heterocycles. The molecule has 2 amide bonds. The minimum Gasteiger partial charge on any atom is -0.457 e. The van der Waals surface area contributed by atoms with Crippen LogP contribution < -0.4 is 14.8 Å². The SMILES string of the molecule is CCCCN(C(=O)NC1CCN(C(C)c2ccc(Oc3ccc(NS(C)(=O)=O)cc3)cc2)CC1)C1CCCCC1.Cl. The first kappa shape index (κ1) is 33.0. The van der Waals surface area contributed by atoms with Gasteiger partial charge in [0.2, 0.25) is 10.0 Å². The minimum atomic E-state index is -3.31. The van der Waals surface area contributed by atoms with Crippen molar-refractivity contribution in [2.24, 2.45) is 0 Å². The van der Waals surface area contributed by atoms with Crippen LogP contribution in [-0.4, -0.2) is 62.2 Å². The van der Waals surface area contributed by atoms with Gasteiger partial charge in [0.15, 0.2) is 0 Å². The lowest BCUT2D eigenvalue weighted by Gasteiger charge is -2.39. The number of likely N-dealkylation sites (tertiary alicyclic amines) is 1. The van der Waals surface area contributed by atoms with E-state index in [4.69, 9.17) is 4.74 Å². The molecule has 1 saturated heterocycles. The van der Waals surface area contributed by atoms with E-state index in [1.807, 2.05) is 12.1 Å². The second kappa shape index (κ2) is 15.7. The van der Waals surface area contributed by atoms with E-state index < -0.39 is 10.0 Å². The molecule has 2 aromatic carbocycles. The first-order valence-corrected chi connectivity index (χ1v) is 16.8. The van der Waals surface area contributed by atoms with Crippen LogP contribution in [0, 0.1) is 0 Å². The monoisotopic (exact) mass is 606 g/mol. The molecular formula is C31H47ClN4O4S. The molecule has 2 N–H and O–H groups in total. The highest BCUT2D eigenvalue weighted by atomic mass is 35.5. The Hall–Kier alpha value is -2.49. The summed E-state index contributed by atoms with van der Waals surface area (Å²) in [5, 5.41) is 3.38. The summed E-state index contributed by atoms with van der Waals surface area (Å²) in [5.41, 5.74) is 1.73. The Morgan fingerprint density at radius 1 is 0.976 bits per heavy atom. The zero-order chi connectivity index (χ0) is 28.5. The van der Waals surface area contributed by atoms with Crippen LogP contribution in [0.4, 0.5) is 10.5 Å². The predicted octanol–water partition coefficient (Wildman–Crippen LogP) is 6.94. The van der Waals surface area contributed by atoms with E-state index >= 15 is 0 Å². The molecule has 1 aliphatic heterocycles. The summed E-state index contributed by atoms with van der Waals surface area (Å²) in [4.78, 5) is 17.9. The number of anilines is 1. The highest BCUT2D eigenvalue weighted by Gasteiger charge is 2.29. The Kier molecular flexibility index (Phi) is 12.6. The Morgan fingerprint density at radius 2 is 1.56 bits per heavy atom. The number of halogens is 1. The molecule has 10 heteroatoms. The van der Waals surface area contributed by atoms with E-state index in [9.17, 15) is 13.2 Å². The van der Waals surface area contributed by atoms with Crippen molar-refractivity contribution < 1.29 is 17.9 Å². The average Bonchev–Trinajstić information content (AvgIpc) is 2.94. The maximum atomic E-state index is 13.3. The molecule has 1 aliphatic carbocycles. The molecule has 4 rings (SSSR count). The molecule has 2 aromatic rings. The number of rotatable bonds is 11. The van der Waals surface area contributed by atoms with Gasteiger partial charge in [0, 0.05) is 43.4 Å². The topological polar surface area (TPSA) is 91.0 Å². The van der Waals surface area contributed by atoms with Crippen molar-refractivity contribution in [1.29, 1.82) is 0 Å². The van der Waals surface area contributed by atoms with Crippen LogP contribution in [0.5, 0.6) is 11.5 Å². The molecular weight excluding hydrogens is 560 g/mol. The molecule has 41 heavy (non-hydrogen) atoms. The van der Waals surface area contributed by atoms with Gasteiger partial charge in [-0.3, -0.25) is 9.62 Å². The number of unbranched alkanes of at least 4 members (excludes halogenated alkanes) is 1. The van der Waals surface area contributed by atoms with E-state index in [1.165, 1.54) is 24.8 Å². The van der Waals surface area contributed by atoms with Crippen molar-refractivity contribution in [1.82, 2.24) is 15.1 Å². The molecule has 2 fully saturated rings. The van der Waals surface area contributed by atoms with Gasteiger partial charge in [-0.05, 0) is 81.0 Å². The lowest BCUT2D eigenvalue weighted by Crippen LogP contribution is -2.52. The van der Waals surface area contributed by atoms with Crippen LogP contribution in [0.25, 0.3) is 0 Å².